The van der Waals surface area contributed by atoms with Gasteiger partial charge in [0.15, 0.2) is 0 Å². The number of rotatable bonds is 2. The van der Waals surface area contributed by atoms with Crippen molar-refractivity contribution < 1.29 is 23.1 Å². The maximum absolute atomic E-state index is 10.6. The number of nitrogens with one attached hydrogen (secondary N) is 1. The number of halogens is 3. The molecule has 3 heterocycles. The quantitative estimate of drug-likeness (QED) is 0.607. The van der Waals surface area contributed by atoms with Gasteiger partial charge in [0.2, 0.25) is 0 Å². The zero-order valence-corrected chi connectivity index (χ0v) is 15.6. The van der Waals surface area contributed by atoms with E-state index in [0.29, 0.717) is 6.04 Å². The lowest BCUT2D eigenvalue weighted by Gasteiger charge is -2.23. The van der Waals surface area contributed by atoms with Gasteiger partial charge in [-0.05, 0) is 31.7 Å². The van der Waals surface area contributed by atoms with E-state index in [1.54, 1.807) is 12.4 Å². The Hall–Kier alpha value is -3.68. The number of hydrogen-bond acceptors (Lipinski definition) is 5. The maximum Gasteiger partial charge on any atom is 0.490 e. The van der Waals surface area contributed by atoms with Gasteiger partial charge in [0.05, 0.1) is 24.0 Å². The Bertz CT molecular complexity index is 1100. The van der Waals surface area contributed by atoms with E-state index in [9.17, 15) is 13.2 Å². The average molecular weight is 418 g/mol. The van der Waals surface area contributed by atoms with Gasteiger partial charge in [0.1, 0.15) is 12.0 Å². The number of carbonyl (C=O) groups is 1. The second-order valence-corrected chi connectivity index (χ2v) is 6.64. The van der Waals surface area contributed by atoms with Crippen LogP contribution in [0.5, 0.6) is 0 Å². The number of hydrogen-bond donors (Lipinski definition) is 2. The number of aliphatic carboxylic acids is 1. The predicted molar refractivity (Wildman–Crippen MR) is 100 cm³/mol. The molecule has 0 atom stereocenters. The van der Waals surface area contributed by atoms with Gasteiger partial charge in [-0.1, -0.05) is 5.57 Å². The van der Waals surface area contributed by atoms with Gasteiger partial charge in [0, 0.05) is 29.4 Å². The molecule has 0 aromatic carbocycles. The summed E-state index contributed by atoms with van der Waals surface area (Å²) in [6, 6.07) is 4.51. The van der Waals surface area contributed by atoms with E-state index in [4.69, 9.17) is 15.2 Å². The molecule has 0 unspecified atom stereocenters. The number of carboxylic acids is 1. The topological polar surface area (TPSA) is 120 Å². The lowest BCUT2D eigenvalue weighted by atomic mass is 9.91. The van der Waals surface area contributed by atoms with Crippen molar-refractivity contribution in [2.75, 3.05) is 0 Å². The molecule has 156 valence electrons. The van der Waals surface area contributed by atoms with E-state index in [1.165, 1.54) is 5.57 Å². The molecule has 30 heavy (non-hydrogen) atoms. The van der Waals surface area contributed by atoms with E-state index in [-0.39, 0.29) is 0 Å². The first-order chi connectivity index (χ1) is 14.3. The zero-order valence-electron chi connectivity index (χ0n) is 15.6. The highest BCUT2D eigenvalue weighted by atomic mass is 19.4. The Morgan fingerprint density at radius 2 is 2.03 bits per heavy atom. The predicted octanol–water partition coefficient (Wildman–Crippen LogP) is 4.02. The molecule has 3 aromatic heterocycles. The summed E-state index contributed by atoms with van der Waals surface area (Å²) >= 11 is 0. The van der Waals surface area contributed by atoms with Crippen LogP contribution in [0.2, 0.25) is 0 Å². The van der Waals surface area contributed by atoms with Crippen molar-refractivity contribution in [3.63, 3.8) is 0 Å². The van der Waals surface area contributed by atoms with Crippen molar-refractivity contribution in [1.82, 2.24) is 24.7 Å². The summed E-state index contributed by atoms with van der Waals surface area (Å²) < 4.78 is 33.8. The summed E-state index contributed by atoms with van der Waals surface area (Å²) in [6.07, 6.45) is 7.99. The van der Waals surface area contributed by atoms with E-state index < -0.39 is 12.1 Å². The van der Waals surface area contributed by atoms with Crippen LogP contribution < -0.4 is 0 Å². The van der Waals surface area contributed by atoms with Crippen molar-refractivity contribution in [2.24, 2.45) is 0 Å². The Kier molecular flexibility index (Phi) is 6.15. The minimum absolute atomic E-state index is 0.392. The molecular weight excluding hydrogens is 401 g/mol. The SMILES string of the molecule is N#CC=C1CCC(n2cc(-c3ncnc4[nH]ccc34)cn2)CC1.O=C(O)C(F)(F)F. The largest absolute Gasteiger partial charge is 0.490 e. The number of H-pyrrole nitrogens is 1. The van der Waals surface area contributed by atoms with E-state index >= 15 is 0 Å². The van der Waals surface area contributed by atoms with Crippen LogP contribution in [0.3, 0.4) is 0 Å². The summed E-state index contributed by atoms with van der Waals surface area (Å²) in [6.45, 7) is 0. The number of carboxylic acid groups (broad SMARTS) is 1. The van der Waals surface area contributed by atoms with Crippen molar-refractivity contribution in [2.45, 2.75) is 37.9 Å². The molecule has 2 N–H and O–H groups in total. The molecule has 0 amide bonds. The number of allylic oxidation sites excluding steroid dienone is 2. The van der Waals surface area contributed by atoms with Crippen LogP contribution in [-0.2, 0) is 4.79 Å². The summed E-state index contributed by atoms with van der Waals surface area (Å²) in [5, 5.41) is 21.4. The van der Waals surface area contributed by atoms with Gasteiger partial charge >= 0.3 is 12.1 Å². The van der Waals surface area contributed by atoms with Crippen molar-refractivity contribution in [3.05, 3.63) is 42.6 Å². The Labute approximate surface area is 168 Å². The number of nitrogens with zero attached hydrogens (tertiary/aromatic N) is 5. The second-order valence-electron chi connectivity index (χ2n) is 6.64. The van der Waals surface area contributed by atoms with Crippen molar-refractivity contribution in [3.8, 4) is 17.3 Å². The lowest BCUT2D eigenvalue weighted by Crippen LogP contribution is -2.21. The number of nitriles is 1. The number of alkyl halides is 3. The van der Waals surface area contributed by atoms with E-state index in [1.807, 2.05) is 23.1 Å². The van der Waals surface area contributed by atoms with Gasteiger partial charge in [0.25, 0.3) is 0 Å². The Morgan fingerprint density at radius 3 is 2.67 bits per heavy atom. The third-order valence-corrected chi connectivity index (χ3v) is 4.71. The molecular formula is C19H17F3N6O2. The maximum atomic E-state index is 10.6. The molecule has 0 saturated heterocycles. The van der Waals surface area contributed by atoms with Crippen molar-refractivity contribution in [1.29, 1.82) is 5.26 Å². The minimum atomic E-state index is -5.08. The smallest absolute Gasteiger partial charge is 0.475 e. The summed E-state index contributed by atoms with van der Waals surface area (Å²) in [7, 11) is 0. The molecule has 11 heteroatoms. The number of fused-ring (bicyclic) bond motifs is 1. The van der Waals surface area contributed by atoms with Gasteiger partial charge in [-0.2, -0.15) is 23.5 Å². The normalized spacial score (nSPS) is 16.5. The highest BCUT2D eigenvalue weighted by Crippen LogP contribution is 2.32. The van der Waals surface area contributed by atoms with Gasteiger partial charge < -0.3 is 10.1 Å². The highest BCUT2D eigenvalue weighted by Gasteiger charge is 2.38. The van der Waals surface area contributed by atoms with Gasteiger partial charge in [-0.25, -0.2) is 14.8 Å². The molecule has 0 radical (unpaired) electrons. The second kappa shape index (κ2) is 8.77. The summed E-state index contributed by atoms with van der Waals surface area (Å²) in [4.78, 5) is 20.6. The fourth-order valence-electron chi connectivity index (χ4n) is 3.24. The monoisotopic (exact) mass is 418 g/mol. The van der Waals surface area contributed by atoms with Crippen LogP contribution in [0.25, 0.3) is 22.3 Å². The fraction of sp³-hybridized carbons (Fsp3) is 0.316. The third kappa shape index (κ3) is 4.83. The molecule has 1 aliphatic carbocycles. The zero-order chi connectivity index (χ0) is 21.7. The molecule has 0 spiro atoms. The van der Waals surface area contributed by atoms with Crippen LogP contribution in [-0.4, -0.2) is 42.0 Å². The van der Waals surface area contributed by atoms with Crippen LogP contribution in [0, 0.1) is 11.3 Å². The third-order valence-electron chi connectivity index (χ3n) is 4.71. The van der Waals surface area contributed by atoms with Crippen LogP contribution in [0.15, 0.2) is 42.6 Å². The first-order valence-corrected chi connectivity index (χ1v) is 9.00. The molecule has 0 bridgehead atoms. The summed E-state index contributed by atoms with van der Waals surface area (Å²) in [5.74, 6) is -2.76. The first-order valence-electron chi connectivity index (χ1n) is 9.00. The molecule has 1 saturated carbocycles. The lowest BCUT2D eigenvalue weighted by molar-refractivity contribution is -0.192. The molecule has 8 nitrogen and oxygen atoms in total. The van der Waals surface area contributed by atoms with Crippen LogP contribution in [0.1, 0.15) is 31.7 Å². The molecule has 1 fully saturated rings. The molecule has 3 aromatic rings. The number of aromatic nitrogens is 5. The molecule has 1 aliphatic rings. The molecule has 0 aliphatic heterocycles. The standard InChI is InChI=1S/C17H16N6.C2HF3O2/c18-7-5-12-1-3-14(4-2-12)23-10-13(9-22-23)16-15-6-8-19-17(15)21-11-20-16;3-2(4,5)1(6)7/h5-6,8-11,14H,1-4H2,(H,19,20,21);(H,6,7). The van der Waals surface area contributed by atoms with E-state index in [0.717, 1.165) is 48.0 Å². The van der Waals surface area contributed by atoms with E-state index in [2.05, 4.69) is 32.3 Å². The summed E-state index contributed by atoms with van der Waals surface area (Å²) in [5.41, 5.74) is 4.01. The Balaban J connectivity index is 0.000000318. The van der Waals surface area contributed by atoms with Gasteiger partial charge in [-0.3, -0.25) is 4.68 Å². The number of aromatic amines is 1. The average Bonchev–Trinajstić information content (AvgIpc) is 3.38. The van der Waals surface area contributed by atoms with Gasteiger partial charge in [-0.15, -0.1) is 0 Å². The van der Waals surface area contributed by atoms with Crippen LogP contribution in [0.4, 0.5) is 13.2 Å². The molecule has 4 rings (SSSR count). The van der Waals surface area contributed by atoms with Crippen LogP contribution >= 0.6 is 0 Å². The Morgan fingerprint density at radius 1 is 1.33 bits per heavy atom. The first kappa shape index (κ1) is 21.0. The highest BCUT2D eigenvalue weighted by molar-refractivity contribution is 5.89. The fourth-order valence-corrected chi connectivity index (χ4v) is 3.24. The minimum Gasteiger partial charge on any atom is -0.475 e. The van der Waals surface area contributed by atoms with Crippen molar-refractivity contribution >= 4 is 17.0 Å².